The number of thiophene rings is 1. The Bertz CT molecular complexity index is 1230. The molecule has 0 saturated heterocycles. The standard InChI is InChI=1S/C21H19N3O4S2/c1-14-12-18(21(29-14)30(2,27)28)19-13-20(15-6-4-3-5-7-15)23(22-19)16-8-10-17(11-9-16)24(25)26/h3-12,20H,13H2,1-2H3/t20-/m1/s1. The fourth-order valence-electron chi connectivity index (χ4n) is 3.54. The van der Waals surface area contributed by atoms with Gasteiger partial charge in [-0.3, -0.25) is 15.1 Å². The van der Waals surface area contributed by atoms with Gasteiger partial charge >= 0.3 is 0 Å². The lowest BCUT2D eigenvalue weighted by Gasteiger charge is -2.23. The predicted octanol–water partition coefficient (Wildman–Crippen LogP) is 4.72. The second-order valence-corrected chi connectivity index (χ2v) is 10.6. The Labute approximate surface area is 178 Å². The van der Waals surface area contributed by atoms with Crippen molar-refractivity contribution in [3.8, 4) is 0 Å². The normalized spacial score (nSPS) is 16.5. The summed E-state index contributed by atoms with van der Waals surface area (Å²) >= 11 is 1.25. The summed E-state index contributed by atoms with van der Waals surface area (Å²) in [5, 5.41) is 17.6. The van der Waals surface area contributed by atoms with E-state index in [1.165, 1.54) is 29.7 Å². The minimum atomic E-state index is -3.39. The van der Waals surface area contributed by atoms with E-state index in [1.54, 1.807) is 12.1 Å². The predicted molar refractivity (Wildman–Crippen MR) is 118 cm³/mol. The number of hydrogen-bond acceptors (Lipinski definition) is 7. The molecule has 0 aliphatic carbocycles. The van der Waals surface area contributed by atoms with Crippen LogP contribution in [0.25, 0.3) is 0 Å². The van der Waals surface area contributed by atoms with Gasteiger partial charge in [0.1, 0.15) is 4.21 Å². The van der Waals surface area contributed by atoms with Crippen molar-refractivity contribution in [2.75, 3.05) is 11.3 Å². The second-order valence-electron chi connectivity index (χ2n) is 7.13. The van der Waals surface area contributed by atoms with Gasteiger partial charge in [-0.05, 0) is 30.7 Å². The first-order chi connectivity index (χ1) is 14.2. The Kier molecular flexibility index (Phi) is 5.17. The zero-order valence-corrected chi connectivity index (χ0v) is 18.0. The van der Waals surface area contributed by atoms with Crippen molar-refractivity contribution in [2.45, 2.75) is 23.6 Å². The Hall–Kier alpha value is -3.04. The van der Waals surface area contributed by atoms with E-state index in [0.717, 1.165) is 10.4 Å². The van der Waals surface area contributed by atoms with Crippen LogP contribution in [0.5, 0.6) is 0 Å². The van der Waals surface area contributed by atoms with Gasteiger partial charge in [-0.1, -0.05) is 30.3 Å². The largest absolute Gasteiger partial charge is 0.269 e. The highest BCUT2D eigenvalue weighted by Crippen LogP contribution is 2.39. The Balaban J connectivity index is 1.81. The zero-order chi connectivity index (χ0) is 21.5. The molecular weight excluding hydrogens is 422 g/mol. The van der Waals surface area contributed by atoms with Crippen molar-refractivity contribution in [3.05, 3.63) is 86.8 Å². The third-order valence-corrected chi connectivity index (χ3v) is 7.79. The summed E-state index contributed by atoms with van der Waals surface area (Å²) in [5.41, 5.74) is 3.06. The number of benzene rings is 2. The van der Waals surface area contributed by atoms with E-state index in [-0.39, 0.29) is 11.7 Å². The molecule has 4 rings (SSSR count). The van der Waals surface area contributed by atoms with Gasteiger partial charge in [-0.2, -0.15) is 5.10 Å². The molecule has 0 spiro atoms. The second kappa shape index (κ2) is 7.66. The molecule has 154 valence electrons. The topological polar surface area (TPSA) is 92.9 Å². The number of hydrazone groups is 1. The first kappa shape index (κ1) is 20.2. The molecule has 0 fully saturated rings. The van der Waals surface area contributed by atoms with Gasteiger partial charge < -0.3 is 0 Å². The summed E-state index contributed by atoms with van der Waals surface area (Å²) in [6, 6.07) is 17.7. The van der Waals surface area contributed by atoms with Crippen LogP contribution in [0.2, 0.25) is 0 Å². The maximum atomic E-state index is 12.3. The molecule has 0 unspecified atom stereocenters. The van der Waals surface area contributed by atoms with E-state index in [9.17, 15) is 18.5 Å². The highest BCUT2D eigenvalue weighted by Gasteiger charge is 2.33. The third-order valence-electron chi connectivity index (χ3n) is 4.89. The highest BCUT2D eigenvalue weighted by atomic mass is 32.2. The summed E-state index contributed by atoms with van der Waals surface area (Å²) in [6.45, 7) is 1.88. The molecule has 9 heteroatoms. The number of nitro groups is 1. The number of nitro benzene ring substituents is 1. The van der Waals surface area contributed by atoms with Gasteiger partial charge in [0.2, 0.25) is 0 Å². The van der Waals surface area contributed by atoms with E-state index in [0.29, 0.717) is 27.6 Å². The number of aryl methyl sites for hydroxylation is 1. The highest BCUT2D eigenvalue weighted by molar-refractivity contribution is 7.92. The monoisotopic (exact) mass is 441 g/mol. The van der Waals surface area contributed by atoms with Crippen LogP contribution in [0, 0.1) is 17.0 Å². The quantitative estimate of drug-likeness (QED) is 0.422. The molecule has 7 nitrogen and oxygen atoms in total. The van der Waals surface area contributed by atoms with Crippen LogP contribution in [0.15, 0.2) is 70.0 Å². The van der Waals surface area contributed by atoms with Crippen LogP contribution in [0.4, 0.5) is 11.4 Å². The van der Waals surface area contributed by atoms with Gasteiger partial charge in [-0.25, -0.2) is 8.42 Å². The molecule has 0 N–H and O–H groups in total. The number of anilines is 1. The third kappa shape index (κ3) is 3.86. The Morgan fingerprint density at radius 3 is 2.40 bits per heavy atom. The first-order valence-corrected chi connectivity index (χ1v) is 11.9. The fraction of sp³-hybridized carbons (Fsp3) is 0.190. The average molecular weight is 442 g/mol. The van der Waals surface area contributed by atoms with Crippen LogP contribution < -0.4 is 5.01 Å². The molecule has 2 aromatic carbocycles. The van der Waals surface area contributed by atoms with E-state index in [2.05, 4.69) is 0 Å². The number of nitrogens with zero attached hydrogens (tertiary/aromatic N) is 3. The molecule has 30 heavy (non-hydrogen) atoms. The van der Waals surface area contributed by atoms with Crippen LogP contribution >= 0.6 is 11.3 Å². The zero-order valence-electron chi connectivity index (χ0n) is 16.3. The van der Waals surface area contributed by atoms with Crippen molar-refractivity contribution in [1.82, 2.24) is 0 Å². The molecule has 2 heterocycles. The minimum absolute atomic E-state index is 0.00577. The van der Waals surface area contributed by atoms with Gasteiger partial charge in [0.15, 0.2) is 9.84 Å². The lowest BCUT2D eigenvalue weighted by atomic mass is 9.99. The molecule has 0 saturated carbocycles. The van der Waals surface area contributed by atoms with Crippen LogP contribution in [-0.4, -0.2) is 25.3 Å². The van der Waals surface area contributed by atoms with Crippen LogP contribution in [-0.2, 0) is 9.84 Å². The van der Waals surface area contributed by atoms with Crippen LogP contribution in [0.3, 0.4) is 0 Å². The van der Waals surface area contributed by atoms with Crippen molar-refractivity contribution in [2.24, 2.45) is 5.10 Å². The SMILES string of the molecule is Cc1cc(C2=NN(c3ccc([N+](=O)[O-])cc3)[C@@H](c3ccccc3)C2)c(S(C)(=O)=O)s1. The molecule has 0 radical (unpaired) electrons. The van der Waals surface area contributed by atoms with Gasteiger partial charge in [0.05, 0.1) is 22.4 Å². The van der Waals surface area contributed by atoms with E-state index in [4.69, 9.17) is 5.10 Å². The summed E-state index contributed by atoms with van der Waals surface area (Å²) < 4.78 is 24.9. The Morgan fingerprint density at radius 1 is 1.13 bits per heavy atom. The molecule has 1 aliphatic heterocycles. The first-order valence-electron chi connectivity index (χ1n) is 9.21. The molecule has 0 amide bonds. The molecule has 1 atom stereocenters. The van der Waals surface area contributed by atoms with Crippen molar-refractivity contribution in [3.63, 3.8) is 0 Å². The number of rotatable bonds is 5. The molecule has 3 aromatic rings. The van der Waals surface area contributed by atoms with Gasteiger partial charge in [-0.15, -0.1) is 11.3 Å². The average Bonchev–Trinajstić information content (AvgIpc) is 3.32. The summed E-state index contributed by atoms with van der Waals surface area (Å²) in [5.74, 6) is 0. The van der Waals surface area contributed by atoms with E-state index in [1.807, 2.05) is 48.3 Å². The molecule has 0 bridgehead atoms. The van der Waals surface area contributed by atoms with Gasteiger partial charge in [0.25, 0.3) is 5.69 Å². The summed E-state index contributed by atoms with van der Waals surface area (Å²) in [7, 11) is -3.39. The lowest BCUT2D eigenvalue weighted by molar-refractivity contribution is -0.384. The molecular formula is C21H19N3O4S2. The fourth-order valence-corrected chi connectivity index (χ4v) is 5.87. The number of sulfone groups is 1. The summed E-state index contributed by atoms with van der Waals surface area (Å²) in [6.07, 6.45) is 1.74. The lowest BCUT2D eigenvalue weighted by Crippen LogP contribution is -2.18. The van der Waals surface area contributed by atoms with Crippen molar-refractivity contribution >= 4 is 38.3 Å². The van der Waals surface area contributed by atoms with Crippen LogP contribution in [0.1, 0.15) is 28.5 Å². The summed E-state index contributed by atoms with van der Waals surface area (Å²) in [4.78, 5) is 11.5. The molecule has 1 aromatic heterocycles. The van der Waals surface area contributed by atoms with E-state index < -0.39 is 14.8 Å². The molecule has 1 aliphatic rings. The van der Waals surface area contributed by atoms with E-state index >= 15 is 0 Å². The number of hydrogen-bond donors (Lipinski definition) is 0. The van der Waals surface area contributed by atoms with Crippen molar-refractivity contribution < 1.29 is 13.3 Å². The number of non-ortho nitro benzene ring substituents is 1. The smallest absolute Gasteiger partial charge is 0.258 e. The van der Waals surface area contributed by atoms with Crippen molar-refractivity contribution in [1.29, 1.82) is 0 Å². The minimum Gasteiger partial charge on any atom is -0.258 e. The Morgan fingerprint density at radius 2 is 1.80 bits per heavy atom. The maximum absolute atomic E-state index is 12.3. The maximum Gasteiger partial charge on any atom is 0.269 e. The van der Waals surface area contributed by atoms with Gasteiger partial charge in [0, 0.05) is 35.2 Å².